The molecule has 1 amide bonds. The summed E-state index contributed by atoms with van der Waals surface area (Å²) in [4.78, 5) is 15.5. The van der Waals surface area contributed by atoms with E-state index < -0.39 is 10.0 Å². The second-order valence-electron chi connectivity index (χ2n) is 8.29. The molecule has 0 unspecified atom stereocenters. The van der Waals surface area contributed by atoms with Crippen molar-refractivity contribution in [2.24, 2.45) is 0 Å². The summed E-state index contributed by atoms with van der Waals surface area (Å²) in [5.41, 5.74) is 2.78. The molecule has 0 aliphatic carbocycles. The molecule has 4 rings (SSSR count). The molecule has 0 atom stereocenters. The molecule has 0 heterocycles. The van der Waals surface area contributed by atoms with E-state index in [1.165, 1.54) is 4.31 Å². The monoisotopic (exact) mass is 484 g/mol. The van der Waals surface area contributed by atoms with Gasteiger partial charge in [0.25, 0.3) is 0 Å². The van der Waals surface area contributed by atoms with Gasteiger partial charge in [-0.1, -0.05) is 109 Å². The van der Waals surface area contributed by atoms with Gasteiger partial charge >= 0.3 is 0 Å². The lowest BCUT2D eigenvalue weighted by molar-refractivity contribution is -0.132. The maximum Gasteiger partial charge on any atom is 0.243 e. The van der Waals surface area contributed by atoms with Crippen LogP contribution in [0.3, 0.4) is 0 Å². The number of nitrogens with zero attached hydrogens (tertiary/aromatic N) is 2. The zero-order valence-corrected chi connectivity index (χ0v) is 20.2. The summed E-state index contributed by atoms with van der Waals surface area (Å²) in [6, 6.07) is 37.1. The lowest BCUT2D eigenvalue weighted by Gasteiger charge is -2.28. The Labute approximate surface area is 207 Å². The minimum Gasteiger partial charge on any atom is -0.333 e. The van der Waals surface area contributed by atoms with Gasteiger partial charge in [0, 0.05) is 19.6 Å². The van der Waals surface area contributed by atoms with Crippen molar-refractivity contribution in [1.29, 1.82) is 0 Å². The first-order valence-corrected chi connectivity index (χ1v) is 12.9. The summed E-state index contributed by atoms with van der Waals surface area (Å²) in [5.74, 6) is -0.256. The average Bonchev–Trinajstić information content (AvgIpc) is 2.90. The standard InChI is InChI=1S/C29H28N2O3S/c32-29(30(21-25-13-5-1-6-14-25)22-26-15-7-2-8-16-26)24-31(23-27-17-9-3-10-18-27)35(33,34)28-19-11-4-12-20-28/h1-20H,21-24H2. The molecule has 178 valence electrons. The maximum absolute atomic E-state index is 13.7. The third-order valence-electron chi connectivity index (χ3n) is 5.68. The Morgan fingerprint density at radius 2 is 0.914 bits per heavy atom. The van der Waals surface area contributed by atoms with E-state index in [-0.39, 0.29) is 23.9 Å². The Bertz CT molecular complexity index is 1270. The lowest BCUT2D eigenvalue weighted by Crippen LogP contribution is -2.42. The van der Waals surface area contributed by atoms with Crippen molar-refractivity contribution in [2.75, 3.05) is 6.54 Å². The number of sulfonamides is 1. The van der Waals surface area contributed by atoms with Crippen LogP contribution in [0, 0.1) is 0 Å². The van der Waals surface area contributed by atoms with E-state index in [1.807, 2.05) is 91.0 Å². The van der Waals surface area contributed by atoms with E-state index in [9.17, 15) is 13.2 Å². The summed E-state index contributed by atoms with van der Waals surface area (Å²) < 4.78 is 28.4. The van der Waals surface area contributed by atoms with E-state index >= 15 is 0 Å². The minimum absolute atomic E-state index is 0.105. The minimum atomic E-state index is -3.89. The number of hydrogen-bond acceptors (Lipinski definition) is 3. The van der Waals surface area contributed by atoms with Crippen molar-refractivity contribution in [3.63, 3.8) is 0 Å². The first kappa shape index (κ1) is 24.4. The van der Waals surface area contributed by atoms with Crippen molar-refractivity contribution in [1.82, 2.24) is 9.21 Å². The third kappa shape index (κ3) is 6.66. The third-order valence-corrected chi connectivity index (χ3v) is 7.49. The quantitative estimate of drug-likeness (QED) is 0.314. The second-order valence-corrected chi connectivity index (χ2v) is 10.2. The van der Waals surface area contributed by atoms with Crippen molar-refractivity contribution in [3.8, 4) is 0 Å². The molecule has 0 aromatic heterocycles. The molecule has 0 saturated heterocycles. The molecule has 35 heavy (non-hydrogen) atoms. The van der Waals surface area contributed by atoms with Crippen LogP contribution in [0.5, 0.6) is 0 Å². The summed E-state index contributed by atoms with van der Waals surface area (Å²) in [7, 11) is -3.89. The van der Waals surface area contributed by atoms with Crippen molar-refractivity contribution < 1.29 is 13.2 Å². The van der Waals surface area contributed by atoms with Gasteiger partial charge in [0.2, 0.25) is 15.9 Å². The molecule has 0 radical (unpaired) electrons. The topological polar surface area (TPSA) is 57.7 Å². The number of hydrogen-bond donors (Lipinski definition) is 0. The molecular weight excluding hydrogens is 456 g/mol. The molecule has 4 aromatic rings. The van der Waals surface area contributed by atoms with Crippen LogP contribution in [0.2, 0.25) is 0 Å². The van der Waals surface area contributed by atoms with E-state index in [1.54, 1.807) is 35.2 Å². The Morgan fingerprint density at radius 1 is 0.543 bits per heavy atom. The zero-order valence-electron chi connectivity index (χ0n) is 19.4. The molecule has 0 fully saturated rings. The van der Waals surface area contributed by atoms with E-state index in [0.29, 0.717) is 13.1 Å². The number of carbonyl (C=O) groups is 1. The van der Waals surface area contributed by atoms with Gasteiger partial charge in [-0.15, -0.1) is 0 Å². The van der Waals surface area contributed by atoms with E-state index in [4.69, 9.17) is 0 Å². The average molecular weight is 485 g/mol. The molecule has 0 saturated carbocycles. The van der Waals surface area contributed by atoms with Crippen LogP contribution in [0.4, 0.5) is 0 Å². The molecule has 0 aliphatic rings. The number of carbonyl (C=O) groups excluding carboxylic acids is 1. The Morgan fingerprint density at radius 3 is 1.34 bits per heavy atom. The molecule has 4 aromatic carbocycles. The van der Waals surface area contributed by atoms with Gasteiger partial charge in [-0.05, 0) is 28.8 Å². The Kier molecular flexibility index (Phi) is 8.08. The van der Waals surface area contributed by atoms with Crippen molar-refractivity contribution >= 4 is 15.9 Å². The Hall–Kier alpha value is -3.74. The highest BCUT2D eigenvalue weighted by molar-refractivity contribution is 7.89. The first-order chi connectivity index (χ1) is 17.0. The molecule has 0 bridgehead atoms. The fraction of sp³-hybridized carbons (Fsp3) is 0.138. The summed E-state index contributed by atoms with van der Waals surface area (Å²) in [6.07, 6.45) is 0. The number of amides is 1. The van der Waals surface area contributed by atoms with Gasteiger partial charge in [-0.3, -0.25) is 4.79 Å². The molecule has 0 N–H and O–H groups in total. The van der Waals surface area contributed by atoms with Gasteiger partial charge in [-0.25, -0.2) is 8.42 Å². The van der Waals surface area contributed by atoms with Crippen molar-refractivity contribution in [3.05, 3.63) is 138 Å². The lowest BCUT2D eigenvalue weighted by atomic mass is 10.1. The maximum atomic E-state index is 13.7. The Balaban J connectivity index is 1.63. The fourth-order valence-electron chi connectivity index (χ4n) is 3.85. The normalized spacial score (nSPS) is 11.3. The fourth-order valence-corrected chi connectivity index (χ4v) is 5.24. The second kappa shape index (κ2) is 11.6. The van der Waals surface area contributed by atoms with Crippen LogP contribution in [-0.4, -0.2) is 30.1 Å². The number of rotatable bonds is 10. The molecule has 0 aliphatic heterocycles. The summed E-state index contributed by atoms with van der Waals surface area (Å²) in [5, 5.41) is 0. The van der Waals surface area contributed by atoms with Crippen LogP contribution in [0.15, 0.2) is 126 Å². The van der Waals surface area contributed by atoms with Crippen LogP contribution in [0.25, 0.3) is 0 Å². The summed E-state index contributed by atoms with van der Waals surface area (Å²) in [6.45, 7) is 0.623. The van der Waals surface area contributed by atoms with Gasteiger partial charge in [0.15, 0.2) is 0 Å². The summed E-state index contributed by atoms with van der Waals surface area (Å²) >= 11 is 0. The van der Waals surface area contributed by atoms with Gasteiger partial charge < -0.3 is 4.90 Å². The highest BCUT2D eigenvalue weighted by atomic mass is 32.2. The molecule has 6 heteroatoms. The van der Waals surface area contributed by atoms with E-state index in [0.717, 1.165) is 16.7 Å². The highest BCUT2D eigenvalue weighted by Gasteiger charge is 2.29. The highest BCUT2D eigenvalue weighted by Crippen LogP contribution is 2.20. The van der Waals surface area contributed by atoms with Gasteiger partial charge in [0.05, 0.1) is 11.4 Å². The zero-order chi connectivity index (χ0) is 24.5. The predicted molar refractivity (Wildman–Crippen MR) is 138 cm³/mol. The van der Waals surface area contributed by atoms with Crippen LogP contribution < -0.4 is 0 Å². The van der Waals surface area contributed by atoms with Gasteiger partial charge in [0.1, 0.15) is 0 Å². The molecular formula is C29H28N2O3S. The first-order valence-electron chi connectivity index (χ1n) is 11.5. The van der Waals surface area contributed by atoms with Crippen LogP contribution >= 0.6 is 0 Å². The number of benzene rings is 4. The molecule has 0 spiro atoms. The van der Waals surface area contributed by atoms with Crippen LogP contribution in [-0.2, 0) is 34.5 Å². The van der Waals surface area contributed by atoms with Crippen LogP contribution in [0.1, 0.15) is 16.7 Å². The predicted octanol–water partition coefficient (Wildman–Crippen LogP) is 5.11. The largest absolute Gasteiger partial charge is 0.333 e. The molecule has 5 nitrogen and oxygen atoms in total. The smallest absolute Gasteiger partial charge is 0.243 e. The van der Waals surface area contributed by atoms with Crippen molar-refractivity contribution in [2.45, 2.75) is 24.5 Å². The van der Waals surface area contributed by atoms with E-state index in [2.05, 4.69) is 0 Å². The SMILES string of the molecule is O=C(CN(Cc1ccccc1)S(=O)(=O)c1ccccc1)N(Cc1ccccc1)Cc1ccccc1. The van der Waals surface area contributed by atoms with Gasteiger partial charge in [-0.2, -0.15) is 4.31 Å².